The van der Waals surface area contributed by atoms with Gasteiger partial charge in [-0.3, -0.25) is 4.98 Å². The van der Waals surface area contributed by atoms with E-state index in [0.29, 0.717) is 11.8 Å². The highest BCUT2D eigenvalue weighted by Crippen LogP contribution is 2.38. The summed E-state index contributed by atoms with van der Waals surface area (Å²) in [4.78, 5) is 4.57. The van der Waals surface area contributed by atoms with Crippen LogP contribution in [0.1, 0.15) is 71.4 Å². The molecule has 21 heavy (non-hydrogen) atoms. The lowest BCUT2D eigenvalue weighted by atomic mass is 9.75. The van der Waals surface area contributed by atoms with Crippen LogP contribution in [-0.2, 0) is 5.41 Å². The van der Waals surface area contributed by atoms with Crippen LogP contribution in [0.5, 0.6) is 0 Å². The normalized spacial score (nSPS) is 13.9. The highest BCUT2D eigenvalue weighted by molar-refractivity contribution is 5.80. The minimum Gasteiger partial charge on any atom is -0.256 e. The number of fused-ring (bicyclic) bond motifs is 1. The minimum atomic E-state index is 0.167. The molecule has 0 aliphatic heterocycles. The zero-order valence-electron chi connectivity index (χ0n) is 14.4. The first kappa shape index (κ1) is 16.0. The van der Waals surface area contributed by atoms with Crippen molar-refractivity contribution in [1.82, 2.24) is 4.98 Å². The Labute approximate surface area is 129 Å². The second-order valence-electron chi connectivity index (χ2n) is 7.52. The van der Waals surface area contributed by atoms with Gasteiger partial charge in [0.15, 0.2) is 0 Å². The predicted octanol–water partition coefficient (Wildman–Crippen LogP) is 6.07. The van der Waals surface area contributed by atoms with E-state index >= 15 is 0 Å². The Bertz CT molecular complexity index is 605. The van der Waals surface area contributed by atoms with E-state index in [1.165, 1.54) is 29.4 Å². The standard InChI is InChI=1S/C20H29N/c1-7-9-16(14(2)3)17-13-19-15(10-8-11-21-19)12-18(17)20(4,5)6/h8,10-14,16H,7,9H2,1-6H3. The number of nitrogens with zero attached hydrogens (tertiary/aromatic N) is 1. The van der Waals surface area contributed by atoms with Crippen molar-refractivity contribution in [2.75, 3.05) is 0 Å². The lowest BCUT2D eigenvalue weighted by Crippen LogP contribution is -2.18. The van der Waals surface area contributed by atoms with Crippen LogP contribution >= 0.6 is 0 Å². The first-order valence-corrected chi connectivity index (χ1v) is 8.23. The van der Waals surface area contributed by atoms with Crippen LogP contribution in [0.4, 0.5) is 0 Å². The molecule has 2 rings (SSSR count). The van der Waals surface area contributed by atoms with Crippen molar-refractivity contribution in [3.05, 3.63) is 41.6 Å². The van der Waals surface area contributed by atoms with Gasteiger partial charge in [-0.05, 0) is 53.0 Å². The van der Waals surface area contributed by atoms with Crippen LogP contribution in [0.25, 0.3) is 10.9 Å². The maximum absolute atomic E-state index is 4.57. The molecule has 0 aliphatic rings. The number of aromatic nitrogens is 1. The summed E-state index contributed by atoms with van der Waals surface area (Å²) in [6.07, 6.45) is 4.37. The summed E-state index contributed by atoms with van der Waals surface area (Å²) in [5.74, 6) is 1.28. The summed E-state index contributed by atoms with van der Waals surface area (Å²) >= 11 is 0. The molecule has 1 heterocycles. The third-order valence-corrected chi connectivity index (χ3v) is 4.39. The largest absolute Gasteiger partial charge is 0.256 e. The number of benzene rings is 1. The van der Waals surface area contributed by atoms with Crippen molar-refractivity contribution in [1.29, 1.82) is 0 Å². The molecule has 0 amide bonds. The molecule has 2 aromatic rings. The molecule has 1 aromatic heterocycles. The molecule has 0 radical (unpaired) electrons. The van der Waals surface area contributed by atoms with Crippen molar-refractivity contribution in [3.63, 3.8) is 0 Å². The van der Waals surface area contributed by atoms with Gasteiger partial charge in [-0.1, -0.05) is 54.0 Å². The lowest BCUT2D eigenvalue weighted by Gasteiger charge is -2.30. The summed E-state index contributed by atoms with van der Waals surface area (Å²) in [6, 6.07) is 8.91. The number of rotatable bonds is 4. The molecule has 0 fully saturated rings. The maximum atomic E-state index is 4.57. The molecule has 114 valence electrons. The summed E-state index contributed by atoms with van der Waals surface area (Å²) in [5.41, 5.74) is 4.28. The smallest absolute Gasteiger partial charge is 0.0704 e. The van der Waals surface area contributed by atoms with Crippen molar-refractivity contribution in [2.45, 2.75) is 65.7 Å². The Morgan fingerprint density at radius 3 is 2.43 bits per heavy atom. The van der Waals surface area contributed by atoms with Gasteiger partial charge < -0.3 is 0 Å². The van der Waals surface area contributed by atoms with E-state index in [9.17, 15) is 0 Å². The molecule has 0 saturated carbocycles. The Morgan fingerprint density at radius 2 is 1.86 bits per heavy atom. The molecule has 0 saturated heterocycles. The Hall–Kier alpha value is -1.37. The first-order chi connectivity index (χ1) is 9.84. The molecule has 0 N–H and O–H groups in total. The average Bonchev–Trinajstić information content (AvgIpc) is 2.42. The summed E-state index contributed by atoms with van der Waals surface area (Å²) < 4.78 is 0. The van der Waals surface area contributed by atoms with Crippen LogP contribution in [0.3, 0.4) is 0 Å². The van der Waals surface area contributed by atoms with E-state index in [0.717, 1.165) is 5.52 Å². The fourth-order valence-electron chi connectivity index (χ4n) is 3.25. The molecule has 1 heteroatoms. The van der Waals surface area contributed by atoms with Gasteiger partial charge in [-0.15, -0.1) is 0 Å². The molecule has 1 atom stereocenters. The molecule has 1 aromatic carbocycles. The molecule has 0 aliphatic carbocycles. The van der Waals surface area contributed by atoms with E-state index in [1.807, 2.05) is 12.3 Å². The maximum Gasteiger partial charge on any atom is 0.0704 e. The first-order valence-electron chi connectivity index (χ1n) is 8.23. The van der Waals surface area contributed by atoms with Gasteiger partial charge in [-0.2, -0.15) is 0 Å². The van der Waals surface area contributed by atoms with Gasteiger partial charge in [0.2, 0.25) is 0 Å². The predicted molar refractivity (Wildman–Crippen MR) is 92.9 cm³/mol. The highest BCUT2D eigenvalue weighted by Gasteiger charge is 2.25. The number of hydrogen-bond acceptors (Lipinski definition) is 1. The average molecular weight is 283 g/mol. The second kappa shape index (κ2) is 6.17. The van der Waals surface area contributed by atoms with Crippen LogP contribution in [-0.4, -0.2) is 4.98 Å². The van der Waals surface area contributed by atoms with Gasteiger partial charge in [-0.25, -0.2) is 0 Å². The fraction of sp³-hybridized carbons (Fsp3) is 0.550. The van der Waals surface area contributed by atoms with E-state index in [1.54, 1.807) is 0 Å². The van der Waals surface area contributed by atoms with E-state index < -0.39 is 0 Å². The molecule has 0 bridgehead atoms. The molecule has 1 nitrogen and oxygen atoms in total. The van der Waals surface area contributed by atoms with E-state index in [4.69, 9.17) is 0 Å². The summed E-state index contributed by atoms with van der Waals surface area (Å²) in [7, 11) is 0. The van der Waals surface area contributed by atoms with Crippen LogP contribution in [0.15, 0.2) is 30.5 Å². The Kier molecular flexibility index (Phi) is 4.70. The molecule has 1 unspecified atom stereocenters. The quantitative estimate of drug-likeness (QED) is 0.663. The second-order valence-corrected chi connectivity index (χ2v) is 7.52. The van der Waals surface area contributed by atoms with Crippen LogP contribution in [0.2, 0.25) is 0 Å². The van der Waals surface area contributed by atoms with Crippen molar-refractivity contribution in [2.24, 2.45) is 5.92 Å². The van der Waals surface area contributed by atoms with Gasteiger partial charge in [0.25, 0.3) is 0 Å². The highest BCUT2D eigenvalue weighted by atomic mass is 14.6. The van der Waals surface area contributed by atoms with Gasteiger partial charge in [0.05, 0.1) is 5.52 Å². The van der Waals surface area contributed by atoms with Gasteiger partial charge in [0.1, 0.15) is 0 Å². The van der Waals surface area contributed by atoms with E-state index in [2.05, 4.69) is 64.7 Å². The van der Waals surface area contributed by atoms with Crippen LogP contribution < -0.4 is 0 Å². The number of hydrogen-bond donors (Lipinski definition) is 0. The lowest BCUT2D eigenvalue weighted by molar-refractivity contribution is 0.451. The van der Waals surface area contributed by atoms with Gasteiger partial charge >= 0.3 is 0 Å². The summed E-state index contributed by atoms with van der Waals surface area (Å²) in [6.45, 7) is 13.9. The third-order valence-electron chi connectivity index (χ3n) is 4.39. The Morgan fingerprint density at radius 1 is 1.14 bits per heavy atom. The molecule has 0 spiro atoms. The van der Waals surface area contributed by atoms with E-state index in [-0.39, 0.29) is 5.41 Å². The molecular formula is C20H29N. The fourth-order valence-corrected chi connectivity index (χ4v) is 3.25. The zero-order valence-corrected chi connectivity index (χ0v) is 14.4. The monoisotopic (exact) mass is 283 g/mol. The van der Waals surface area contributed by atoms with Crippen LogP contribution in [0, 0.1) is 5.92 Å². The van der Waals surface area contributed by atoms with Gasteiger partial charge in [0, 0.05) is 11.6 Å². The minimum absolute atomic E-state index is 0.167. The van der Waals surface area contributed by atoms with Crippen molar-refractivity contribution in [3.8, 4) is 0 Å². The third kappa shape index (κ3) is 3.45. The Balaban J connectivity index is 2.68. The zero-order chi connectivity index (χ0) is 15.6. The molecular weight excluding hydrogens is 254 g/mol. The SMILES string of the molecule is CCCC(c1cc2ncccc2cc1C(C)(C)C)C(C)C. The van der Waals surface area contributed by atoms with Crippen molar-refractivity contribution >= 4 is 10.9 Å². The number of pyridine rings is 1. The summed E-state index contributed by atoms with van der Waals surface area (Å²) in [5, 5.41) is 1.25. The van der Waals surface area contributed by atoms with Crippen molar-refractivity contribution < 1.29 is 0 Å². The topological polar surface area (TPSA) is 12.9 Å².